The smallest absolute Gasteiger partial charge is 0.308 e. The van der Waals surface area contributed by atoms with Crippen LogP contribution < -0.4 is 0 Å². The molecular weight excluding hydrogens is 1460 g/mol. The summed E-state index contributed by atoms with van der Waals surface area (Å²) in [5.74, 6) is 5.31. The lowest BCUT2D eigenvalue weighted by Gasteiger charge is -2.19. The molecule has 0 radical (unpaired) electrons. The fraction of sp³-hybridized carbons (Fsp3) is 0.0202. The quantitative estimate of drug-likeness (QED) is 0.0944. The maximum Gasteiger partial charge on any atom is 0.416 e. The molecule has 6 aromatic heterocycles. The summed E-state index contributed by atoms with van der Waals surface area (Å²) in [5.41, 5.74) is 12.6. The Morgan fingerprint density at radius 1 is 0.231 bits per heavy atom. The summed E-state index contributed by atoms with van der Waals surface area (Å²) in [7, 11) is 0. The second-order valence-corrected chi connectivity index (χ2v) is 28.3. The second kappa shape index (κ2) is 29.3. The molecule has 0 spiro atoms. The molecule has 117 heavy (non-hydrogen) atoms. The largest absolute Gasteiger partial charge is 0.416 e. The number of halogens is 3. The van der Waals surface area contributed by atoms with Crippen molar-refractivity contribution in [2.75, 3.05) is 0 Å². The number of nitriles is 1. The van der Waals surface area contributed by atoms with Gasteiger partial charge in [-0.3, -0.25) is 0 Å². The highest BCUT2D eigenvalue weighted by molar-refractivity contribution is 6.14. The monoisotopic (exact) mass is 1520 g/mol. The average Bonchev–Trinajstić information content (AvgIpc) is 1.56. The molecule has 0 fully saturated rings. The Labute approximate surface area is 667 Å². The van der Waals surface area contributed by atoms with E-state index >= 15 is 13.2 Å². The van der Waals surface area contributed by atoms with E-state index in [1.165, 1.54) is 6.07 Å². The molecule has 0 aliphatic rings. The van der Waals surface area contributed by atoms with Gasteiger partial charge in [0.2, 0.25) is 0 Å². The van der Waals surface area contributed by atoms with Gasteiger partial charge in [0.25, 0.3) is 0 Å². The van der Waals surface area contributed by atoms with E-state index in [0.29, 0.717) is 158 Å². The third kappa shape index (κ3) is 13.4. The number of hydrogen-bond acceptors (Lipinski definition) is 13. The molecule has 0 bridgehead atoms. The number of rotatable bonds is 15. The molecule has 0 aliphatic heterocycles. The third-order valence-electron chi connectivity index (χ3n) is 20.8. The van der Waals surface area contributed by atoms with Crippen molar-refractivity contribution in [2.45, 2.75) is 13.1 Å². The highest BCUT2D eigenvalue weighted by Gasteiger charge is 2.32. The van der Waals surface area contributed by atoms with Crippen LogP contribution in [-0.4, -0.2) is 68.9 Å². The van der Waals surface area contributed by atoms with Crippen molar-refractivity contribution < 1.29 is 13.2 Å². The molecule has 15 nitrogen and oxygen atoms in total. The molecular formula is C99H60F3N15. The minimum atomic E-state index is -4.72. The number of alkyl halides is 3. The van der Waals surface area contributed by atoms with E-state index in [9.17, 15) is 5.26 Å². The highest BCUT2D eigenvalue weighted by Crippen LogP contribution is 2.45. The normalized spacial score (nSPS) is 11.6. The van der Waals surface area contributed by atoms with Gasteiger partial charge in [-0.2, -0.15) is 18.4 Å². The molecule has 14 aromatic carbocycles. The maximum atomic E-state index is 15.5. The zero-order chi connectivity index (χ0) is 78.7. The van der Waals surface area contributed by atoms with Crippen LogP contribution >= 0.6 is 0 Å². The van der Waals surface area contributed by atoms with Crippen LogP contribution in [-0.2, 0) is 6.18 Å². The van der Waals surface area contributed by atoms with Gasteiger partial charge < -0.3 is 9.13 Å². The van der Waals surface area contributed by atoms with Gasteiger partial charge in [0.1, 0.15) is 11.6 Å². The van der Waals surface area contributed by atoms with E-state index < -0.39 is 11.7 Å². The molecule has 552 valence electrons. The predicted molar refractivity (Wildman–Crippen MR) is 454 cm³/mol. The molecule has 0 amide bonds. The van der Waals surface area contributed by atoms with Crippen LogP contribution in [0.2, 0.25) is 0 Å². The van der Waals surface area contributed by atoms with Crippen LogP contribution in [0.15, 0.2) is 346 Å². The van der Waals surface area contributed by atoms with Gasteiger partial charge in [-0.05, 0) is 121 Å². The van der Waals surface area contributed by atoms with Crippen molar-refractivity contribution >= 4 is 43.6 Å². The van der Waals surface area contributed by atoms with E-state index in [-0.39, 0.29) is 11.1 Å². The fourth-order valence-corrected chi connectivity index (χ4v) is 15.2. The number of hydrogen-bond donors (Lipinski definition) is 0. The first-order valence-corrected chi connectivity index (χ1v) is 37.9. The van der Waals surface area contributed by atoms with Gasteiger partial charge >= 0.3 is 6.18 Å². The molecule has 20 rings (SSSR count). The van der Waals surface area contributed by atoms with E-state index in [0.717, 1.165) is 50.6 Å². The van der Waals surface area contributed by atoms with Crippen molar-refractivity contribution in [3.63, 3.8) is 0 Å². The lowest BCUT2D eigenvalue weighted by atomic mass is 9.96. The number of nitrogens with zero attached hydrogens (tertiary/aromatic N) is 15. The van der Waals surface area contributed by atoms with Crippen molar-refractivity contribution in [3.8, 4) is 165 Å². The zero-order valence-electron chi connectivity index (χ0n) is 62.3. The maximum absolute atomic E-state index is 15.5. The molecule has 0 N–H and O–H groups in total. The summed E-state index contributed by atoms with van der Waals surface area (Å²) in [6.07, 6.45) is -4.72. The summed E-state index contributed by atoms with van der Waals surface area (Å²) in [5, 5.41) is 15.4. The van der Waals surface area contributed by atoms with E-state index in [2.05, 4.69) is 6.07 Å². The van der Waals surface area contributed by atoms with Crippen molar-refractivity contribution in [2.24, 2.45) is 0 Å². The van der Waals surface area contributed by atoms with Crippen molar-refractivity contribution in [1.82, 2.24) is 68.9 Å². The predicted octanol–water partition coefficient (Wildman–Crippen LogP) is 23.5. The van der Waals surface area contributed by atoms with E-state index in [4.69, 9.17) is 59.8 Å². The number of aromatic nitrogens is 14. The minimum absolute atomic E-state index is 0.186. The fourth-order valence-electron chi connectivity index (χ4n) is 15.2. The summed E-state index contributed by atoms with van der Waals surface area (Å²) in [6.45, 7) is 1.65. The number of fused-ring (bicyclic) bond motifs is 6. The Morgan fingerprint density at radius 2 is 0.436 bits per heavy atom. The van der Waals surface area contributed by atoms with Gasteiger partial charge in [-0.25, -0.2) is 59.8 Å². The second-order valence-electron chi connectivity index (χ2n) is 28.3. The van der Waals surface area contributed by atoms with Gasteiger partial charge in [-0.1, -0.05) is 249 Å². The Kier molecular flexibility index (Phi) is 17.5. The van der Waals surface area contributed by atoms with E-state index in [1.807, 2.05) is 337 Å². The van der Waals surface area contributed by atoms with Gasteiger partial charge in [-0.15, -0.1) is 0 Å². The van der Waals surface area contributed by atoms with Crippen LogP contribution in [0, 0.1) is 18.3 Å². The van der Waals surface area contributed by atoms with Gasteiger partial charge in [0, 0.05) is 88.3 Å². The van der Waals surface area contributed by atoms with E-state index in [1.54, 1.807) is 13.0 Å². The SMILES string of the molecule is Cc1cc(-c2cc(-n3c4ccc(-c5nc(-c6ccccc6)nc(-c6ccccc6)n5)cc4c4cc(-c5nc(-c6ccccc6)nc(-c6ccccc6)n5)ccc43)c(C#N)c(-n3c4ccc(-c5nc(-c6ccccc6)nc(-c6ccccc6)n5)cc4c4cc(-c5nc(-c6ccccc6)nc(-c6ccccc6)n5)ccc43)c2)cc(C(F)(F)F)c1. The standard InChI is InChI=1S/C99H60F3N15/c1-60-50-73(52-75(51-60)99(100,101)102)74-57-85(116-81-46-42-69(95-108-87(61-26-10-2-11-27-61)104-88(109-95)62-28-12-3-13-29-62)53-76(81)77-54-70(43-47-82(77)116)96-110-89(63-30-14-4-15-31-63)105-90(111-96)64-32-16-5-17-33-64)80(59-103)86(58-74)117-83-48-44-71(97-112-91(65-34-18-6-19-35-65)106-92(113-97)66-36-20-7-21-37-66)55-78(83)79-56-72(45-49-84(79)117)98-114-93(67-38-22-8-23-39-67)107-94(115-98)68-40-24-9-25-41-68/h2-58H,1H3. The lowest BCUT2D eigenvalue weighted by molar-refractivity contribution is -0.137. The van der Waals surface area contributed by atoms with Crippen LogP contribution in [0.3, 0.4) is 0 Å². The van der Waals surface area contributed by atoms with Gasteiger partial charge in [0.15, 0.2) is 69.9 Å². The zero-order valence-corrected chi connectivity index (χ0v) is 62.3. The Morgan fingerprint density at radius 3 is 0.641 bits per heavy atom. The first-order valence-electron chi connectivity index (χ1n) is 37.9. The Bertz CT molecular complexity index is 6300. The average molecular weight is 1520 g/mol. The lowest BCUT2D eigenvalue weighted by Crippen LogP contribution is -2.07. The first kappa shape index (κ1) is 70.1. The first-order chi connectivity index (χ1) is 57.4. The molecule has 6 heterocycles. The molecule has 0 aliphatic carbocycles. The van der Waals surface area contributed by atoms with Crippen LogP contribution in [0.1, 0.15) is 16.7 Å². The molecule has 18 heteroatoms. The number of aryl methyl sites for hydroxylation is 1. The van der Waals surface area contributed by atoms with Crippen LogP contribution in [0.4, 0.5) is 13.2 Å². The van der Waals surface area contributed by atoms with Crippen LogP contribution in [0.5, 0.6) is 0 Å². The Balaban J connectivity index is 0.868. The summed E-state index contributed by atoms with van der Waals surface area (Å²) in [4.78, 5) is 61.7. The molecule has 0 unspecified atom stereocenters. The topological polar surface area (TPSA) is 188 Å². The highest BCUT2D eigenvalue weighted by atomic mass is 19.4. The summed E-state index contributed by atoms with van der Waals surface area (Å²) >= 11 is 0. The van der Waals surface area contributed by atoms with Gasteiger partial charge in [0.05, 0.1) is 39.0 Å². The Hall–Kier alpha value is -16.0. The molecule has 20 aromatic rings. The summed E-state index contributed by atoms with van der Waals surface area (Å²) < 4.78 is 50.5. The van der Waals surface area contributed by atoms with Crippen LogP contribution in [0.25, 0.3) is 203 Å². The molecule has 0 saturated carbocycles. The minimum Gasteiger partial charge on any atom is -0.308 e. The molecule has 0 atom stereocenters. The third-order valence-corrected chi connectivity index (χ3v) is 20.8. The molecule has 0 saturated heterocycles. The van der Waals surface area contributed by atoms with Crippen molar-refractivity contribution in [3.05, 3.63) is 362 Å². The summed E-state index contributed by atoms with van der Waals surface area (Å²) in [6, 6.07) is 112. The van der Waals surface area contributed by atoms with Crippen molar-refractivity contribution in [1.29, 1.82) is 5.26 Å². The number of benzene rings is 14.